The van der Waals surface area contributed by atoms with E-state index in [4.69, 9.17) is 0 Å². The van der Waals surface area contributed by atoms with Crippen LogP contribution in [0, 0.1) is 11.7 Å². The fraction of sp³-hybridized carbons (Fsp3) is 0.318. The maximum Gasteiger partial charge on any atom is 0.419 e. The number of alkyl halides is 3. The maximum atomic E-state index is 14.8. The fourth-order valence-electron chi connectivity index (χ4n) is 4.64. The van der Waals surface area contributed by atoms with Gasteiger partial charge in [-0.05, 0) is 30.9 Å². The molecule has 0 spiro atoms. The molecule has 1 amide bonds. The van der Waals surface area contributed by atoms with Gasteiger partial charge in [0.15, 0.2) is 5.82 Å². The molecule has 0 unspecified atom stereocenters. The van der Waals surface area contributed by atoms with Crippen molar-refractivity contribution in [3.63, 3.8) is 0 Å². The molecule has 2 bridgehead atoms. The van der Waals surface area contributed by atoms with Gasteiger partial charge >= 0.3 is 6.18 Å². The van der Waals surface area contributed by atoms with Crippen LogP contribution in [-0.2, 0) is 6.18 Å². The van der Waals surface area contributed by atoms with Crippen molar-refractivity contribution >= 4 is 11.9 Å². The predicted octanol–water partition coefficient (Wildman–Crippen LogP) is 3.81. The van der Waals surface area contributed by atoms with E-state index < -0.39 is 23.5 Å². The Morgan fingerprint density at radius 2 is 1.76 bits per heavy atom. The Morgan fingerprint density at radius 1 is 1.03 bits per heavy atom. The summed E-state index contributed by atoms with van der Waals surface area (Å²) in [5.74, 6) is -0.643. The highest BCUT2D eigenvalue weighted by Crippen LogP contribution is 2.40. The first-order valence-electron chi connectivity index (χ1n) is 10.3. The Morgan fingerprint density at radius 3 is 2.42 bits per heavy atom. The summed E-state index contributed by atoms with van der Waals surface area (Å²) in [6, 6.07) is 5.43. The Balaban J connectivity index is 1.38. The molecule has 0 radical (unpaired) electrons. The van der Waals surface area contributed by atoms with Gasteiger partial charge in [-0.3, -0.25) is 4.79 Å². The van der Waals surface area contributed by atoms with Crippen LogP contribution in [-0.4, -0.2) is 49.4 Å². The van der Waals surface area contributed by atoms with Crippen molar-refractivity contribution in [2.24, 2.45) is 5.92 Å². The van der Waals surface area contributed by atoms with Crippen LogP contribution in [0.15, 0.2) is 49.1 Å². The number of hydrogen-bond donors (Lipinski definition) is 1. The van der Waals surface area contributed by atoms with Gasteiger partial charge in [0.25, 0.3) is 5.91 Å². The largest absolute Gasteiger partial charge is 0.419 e. The lowest BCUT2D eigenvalue weighted by Crippen LogP contribution is -2.48. The van der Waals surface area contributed by atoms with Crippen LogP contribution in [0.3, 0.4) is 0 Å². The van der Waals surface area contributed by atoms with Gasteiger partial charge in [-0.25, -0.2) is 24.3 Å². The fourth-order valence-corrected chi connectivity index (χ4v) is 4.64. The van der Waals surface area contributed by atoms with E-state index >= 15 is 0 Å². The van der Waals surface area contributed by atoms with Crippen molar-refractivity contribution in [3.05, 3.63) is 66.0 Å². The van der Waals surface area contributed by atoms with Crippen LogP contribution < -0.4 is 5.32 Å². The molecule has 11 heteroatoms. The zero-order chi connectivity index (χ0) is 23.2. The number of nitrogens with zero attached hydrogens (tertiary/aromatic N) is 5. The number of hydrogen-bond acceptors (Lipinski definition) is 6. The first-order valence-corrected chi connectivity index (χ1v) is 10.3. The van der Waals surface area contributed by atoms with Crippen molar-refractivity contribution in [2.75, 3.05) is 11.9 Å². The molecule has 3 heterocycles. The van der Waals surface area contributed by atoms with E-state index in [0.717, 1.165) is 12.4 Å². The molecule has 5 rings (SSSR count). The molecule has 2 aliphatic rings. The number of nitrogens with one attached hydrogen (secondary N) is 1. The van der Waals surface area contributed by atoms with Crippen LogP contribution in [0.1, 0.15) is 28.8 Å². The second kappa shape index (κ2) is 8.05. The van der Waals surface area contributed by atoms with Gasteiger partial charge in [-0.1, -0.05) is 12.1 Å². The van der Waals surface area contributed by atoms with Crippen molar-refractivity contribution in [2.45, 2.75) is 31.1 Å². The van der Waals surface area contributed by atoms with Crippen LogP contribution in [0.4, 0.5) is 23.5 Å². The van der Waals surface area contributed by atoms with Gasteiger partial charge in [0, 0.05) is 42.9 Å². The second-order valence-electron chi connectivity index (χ2n) is 8.14. The highest BCUT2D eigenvalue weighted by atomic mass is 19.4. The number of anilines is 1. The normalized spacial score (nSPS) is 21.9. The predicted molar refractivity (Wildman–Crippen MR) is 109 cm³/mol. The number of carbonyl (C=O) groups is 1. The highest BCUT2D eigenvalue weighted by molar-refractivity contribution is 6.00. The number of halogens is 4. The standard InChI is InChI=1S/C22H18F4N6O/c23-15-4-1-3-14(19-27-5-2-6-28-19)18(15)20(33)32-11-12-7-16(17(32)8-12)31-21-29-9-13(10-30-21)22(24,25)26/h1-6,9-10,12,16-17H,7-8,11H2,(H,29,30,31)/t12-,16+,17-/m0/s1. The van der Waals surface area contributed by atoms with Crippen molar-refractivity contribution < 1.29 is 22.4 Å². The minimum absolute atomic E-state index is 0.0530. The van der Waals surface area contributed by atoms with Crippen LogP contribution in [0.5, 0.6) is 0 Å². The third-order valence-electron chi connectivity index (χ3n) is 6.07. The summed E-state index contributed by atoms with van der Waals surface area (Å²) < 4.78 is 53.1. The molecule has 1 saturated carbocycles. The summed E-state index contributed by atoms with van der Waals surface area (Å²) in [5.41, 5.74) is -0.729. The quantitative estimate of drug-likeness (QED) is 0.599. The monoisotopic (exact) mass is 458 g/mol. The average molecular weight is 458 g/mol. The minimum Gasteiger partial charge on any atom is -0.349 e. The number of piperidine rings is 1. The number of rotatable bonds is 4. The Hall–Kier alpha value is -3.63. The summed E-state index contributed by atoms with van der Waals surface area (Å²) in [6.45, 7) is 0.471. The zero-order valence-corrected chi connectivity index (χ0v) is 17.1. The van der Waals surface area contributed by atoms with Crippen molar-refractivity contribution in [1.82, 2.24) is 24.8 Å². The van der Waals surface area contributed by atoms with Gasteiger partial charge in [0.1, 0.15) is 5.82 Å². The van der Waals surface area contributed by atoms with Gasteiger partial charge in [0.05, 0.1) is 17.2 Å². The van der Waals surface area contributed by atoms with Gasteiger partial charge in [0.2, 0.25) is 5.95 Å². The van der Waals surface area contributed by atoms with Crippen LogP contribution in [0.25, 0.3) is 11.4 Å². The first kappa shape index (κ1) is 21.2. The molecule has 1 aliphatic heterocycles. The third-order valence-corrected chi connectivity index (χ3v) is 6.07. The smallest absolute Gasteiger partial charge is 0.349 e. The van der Waals surface area contributed by atoms with E-state index in [1.165, 1.54) is 24.5 Å². The number of amides is 1. The van der Waals surface area contributed by atoms with Crippen molar-refractivity contribution in [3.8, 4) is 11.4 Å². The summed E-state index contributed by atoms with van der Waals surface area (Å²) in [4.78, 5) is 30.9. The summed E-state index contributed by atoms with van der Waals surface area (Å²) in [6.07, 6.45) is 1.37. The van der Waals surface area contributed by atoms with E-state index in [-0.39, 0.29) is 35.3 Å². The maximum absolute atomic E-state index is 14.8. The number of likely N-dealkylation sites (tertiary alicyclic amines) is 1. The van der Waals surface area contributed by atoms with E-state index in [1.807, 2.05) is 0 Å². The van der Waals surface area contributed by atoms with Crippen molar-refractivity contribution in [1.29, 1.82) is 0 Å². The topological polar surface area (TPSA) is 83.9 Å². The van der Waals surface area contributed by atoms with Crippen LogP contribution >= 0.6 is 0 Å². The molecular formula is C22H18F4N6O. The molecule has 7 nitrogen and oxygen atoms in total. The Kier molecular flexibility index (Phi) is 5.18. The molecular weight excluding hydrogens is 440 g/mol. The molecule has 1 aliphatic carbocycles. The lowest BCUT2D eigenvalue weighted by Gasteiger charge is -2.34. The average Bonchev–Trinajstić information content (AvgIpc) is 3.39. The van der Waals surface area contributed by atoms with E-state index in [9.17, 15) is 22.4 Å². The van der Waals surface area contributed by atoms with Gasteiger partial charge < -0.3 is 10.2 Å². The van der Waals surface area contributed by atoms with Gasteiger partial charge in [-0.2, -0.15) is 13.2 Å². The number of benzene rings is 1. The summed E-state index contributed by atoms with van der Waals surface area (Å²) >= 11 is 0. The first-order chi connectivity index (χ1) is 15.8. The number of aromatic nitrogens is 4. The molecule has 1 aromatic carbocycles. The lowest BCUT2D eigenvalue weighted by atomic mass is 10.0. The van der Waals surface area contributed by atoms with Crippen LogP contribution in [0.2, 0.25) is 0 Å². The SMILES string of the molecule is O=C(c1c(F)cccc1-c1ncccn1)N1C[C@H]2C[C@@H](Nc3ncc(C(F)(F)F)cn3)[C@@H]1C2. The molecule has 33 heavy (non-hydrogen) atoms. The van der Waals surface area contributed by atoms with E-state index in [0.29, 0.717) is 24.9 Å². The molecule has 3 aromatic rings. The molecule has 3 atom stereocenters. The minimum atomic E-state index is -4.52. The Bertz CT molecular complexity index is 1170. The molecule has 1 saturated heterocycles. The number of carbonyl (C=O) groups excluding carboxylic acids is 1. The van der Waals surface area contributed by atoms with E-state index in [1.54, 1.807) is 17.0 Å². The Labute approximate surface area is 185 Å². The summed E-state index contributed by atoms with van der Waals surface area (Å²) in [7, 11) is 0. The molecule has 2 fully saturated rings. The number of fused-ring (bicyclic) bond motifs is 2. The third kappa shape index (κ3) is 3.98. The second-order valence-corrected chi connectivity index (χ2v) is 8.14. The zero-order valence-electron chi connectivity index (χ0n) is 17.1. The van der Waals surface area contributed by atoms with Gasteiger partial charge in [-0.15, -0.1) is 0 Å². The molecule has 170 valence electrons. The van der Waals surface area contributed by atoms with E-state index in [2.05, 4.69) is 25.3 Å². The highest BCUT2D eigenvalue weighted by Gasteiger charge is 2.48. The summed E-state index contributed by atoms with van der Waals surface area (Å²) in [5, 5.41) is 3.05. The lowest BCUT2D eigenvalue weighted by molar-refractivity contribution is -0.138. The molecule has 1 N–H and O–H groups in total. The molecule has 2 aromatic heterocycles.